The molecular weight excluding hydrogens is 210 g/mol. The topological polar surface area (TPSA) is 22.1 Å². The summed E-state index contributed by atoms with van der Waals surface area (Å²) in [6.07, 6.45) is 3.25. The zero-order valence-electron chi connectivity index (χ0n) is 8.06. The Balaban J connectivity index is 2.03. The molecule has 0 unspecified atom stereocenters. The average molecular weight is 220 g/mol. The highest BCUT2D eigenvalue weighted by Crippen LogP contribution is 2.22. The molecule has 0 N–H and O–H groups in total. The van der Waals surface area contributed by atoms with Crippen LogP contribution in [-0.4, -0.2) is 4.98 Å². The van der Waals surface area contributed by atoms with Crippen molar-refractivity contribution in [2.45, 2.75) is 6.61 Å². The Kier molecular flexibility index (Phi) is 3.20. The van der Waals surface area contributed by atoms with Crippen LogP contribution in [0.5, 0.6) is 5.75 Å². The fourth-order valence-electron chi connectivity index (χ4n) is 1.20. The van der Waals surface area contributed by atoms with E-state index in [9.17, 15) is 0 Å². The van der Waals surface area contributed by atoms with Crippen LogP contribution in [0.4, 0.5) is 0 Å². The maximum Gasteiger partial charge on any atom is 0.156 e. The summed E-state index contributed by atoms with van der Waals surface area (Å²) in [4.78, 5) is 3.95. The van der Waals surface area contributed by atoms with E-state index in [1.807, 2.05) is 30.3 Å². The van der Waals surface area contributed by atoms with Gasteiger partial charge in [-0.15, -0.1) is 0 Å². The van der Waals surface area contributed by atoms with E-state index < -0.39 is 0 Å². The highest BCUT2D eigenvalue weighted by atomic mass is 35.5. The van der Waals surface area contributed by atoms with Gasteiger partial charge in [-0.3, -0.25) is 4.98 Å². The van der Waals surface area contributed by atoms with Gasteiger partial charge in [-0.05, 0) is 11.6 Å². The van der Waals surface area contributed by atoms with Crippen LogP contribution in [0.25, 0.3) is 0 Å². The normalized spacial score (nSPS) is 9.93. The molecule has 15 heavy (non-hydrogen) atoms. The molecule has 0 spiro atoms. The van der Waals surface area contributed by atoms with Crippen LogP contribution in [0.3, 0.4) is 0 Å². The van der Waals surface area contributed by atoms with Crippen molar-refractivity contribution in [3.05, 3.63) is 59.4 Å². The van der Waals surface area contributed by atoms with Crippen molar-refractivity contribution in [1.82, 2.24) is 4.98 Å². The molecule has 76 valence electrons. The predicted octanol–water partition coefficient (Wildman–Crippen LogP) is 3.31. The van der Waals surface area contributed by atoms with Crippen molar-refractivity contribution in [1.29, 1.82) is 0 Å². The molecule has 0 saturated carbocycles. The monoisotopic (exact) mass is 219 g/mol. The summed E-state index contributed by atoms with van der Waals surface area (Å²) in [5.41, 5.74) is 1.11. The van der Waals surface area contributed by atoms with Gasteiger partial charge in [-0.25, -0.2) is 0 Å². The van der Waals surface area contributed by atoms with Gasteiger partial charge in [-0.2, -0.15) is 0 Å². The number of rotatable bonds is 3. The highest BCUT2D eigenvalue weighted by molar-refractivity contribution is 6.31. The van der Waals surface area contributed by atoms with Crippen molar-refractivity contribution in [3.63, 3.8) is 0 Å². The van der Waals surface area contributed by atoms with Crippen LogP contribution < -0.4 is 4.74 Å². The van der Waals surface area contributed by atoms with Crippen molar-refractivity contribution in [3.8, 4) is 5.75 Å². The van der Waals surface area contributed by atoms with Crippen molar-refractivity contribution in [2.24, 2.45) is 0 Å². The Morgan fingerprint density at radius 1 is 1.13 bits per heavy atom. The summed E-state index contributed by atoms with van der Waals surface area (Å²) in [6.45, 7) is 0.506. The highest BCUT2D eigenvalue weighted by Gasteiger charge is 2.00. The standard InChI is InChI=1S/C12H10ClNO/c13-11-6-7-14-8-12(11)15-9-10-4-2-1-3-5-10/h1-8H,9H2. The largest absolute Gasteiger partial charge is 0.486 e. The molecule has 0 radical (unpaired) electrons. The lowest BCUT2D eigenvalue weighted by atomic mass is 10.2. The summed E-state index contributed by atoms with van der Waals surface area (Å²) in [5.74, 6) is 0.614. The summed E-state index contributed by atoms with van der Waals surface area (Å²) in [7, 11) is 0. The van der Waals surface area contributed by atoms with E-state index in [1.165, 1.54) is 0 Å². The quantitative estimate of drug-likeness (QED) is 0.790. The van der Waals surface area contributed by atoms with Crippen molar-refractivity contribution < 1.29 is 4.74 Å². The lowest BCUT2D eigenvalue weighted by Crippen LogP contribution is -1.95. The van der Waals surface area contributed by atoms with Gasteiger partial charge in [0, 0.05) is 6.20 Å². The first kappa shape index (κ1) is 9.99. The van der Waals surface area contributed by atoms with Crippen LogP contribution in [0.15, 0.2) is 48.8 Å². The zero-order valence-corrected chi connectivity index (χ0v) is 8.82. The average Bonchev–Trinajstić information content (AvgIpc) is 2.29. The van der Waals surface area contributed by atoms with E-state index in [2.05, 4.69) is 4.98 Å². The summed E-state index contributed by atoms with van der Waals surface area (Å²) in [5, 5.41) is 0.584. The number of pyridine rings is 1. The number of hydrogen-bond acceptors (Lipinski definition) is 2. The maximum atomic E-state index is 5.93. The Labute approximate surface area is 93.5 Å². The third-order valence-corrected chi connectivity index (χ3v) is 2.28. The molecule has 0 aliphatic carbocycles. The van der Waals surface area contributed by atoms with Crippen LogP contribution >= 0.6 is 11.6 Å². The number of halogens is 1. The van der Waals surface area contributed by atoms with Gasteiger partial charge in [0.15, 0.2) is 5.75 Å². The Hall–Kier alpha value is -1.54. The molecule has 0 aliphatic rings. The first-order valence-electron chi connectivity index (χ1n) is 4.62. The van der Waals surface area contributed by atoms with Gasteiger partial charge in [-0.1, -0.05) is 41.9 Å². The minimum atomic E-state index is 0.506. The molecular formula is C12H10ClNO. The first-order chi connectivity index (χ1) is 7.36. The molecule has 2 aromatic rings. The number of hydrogen-bond donors (Lipinski definition) is 0. The molecule has 1 heterocycles. The fraction of sp³-hybridized carbons (Fsp3) is 0.0833. The maximum absolute atomic E-state index is 5.93. The van der Waals surface area contributed by atoms with Crippen molar-refractivity contribution >= 4 is 11.6 Å². The van der Waals surface area contributed by atoms with E-state index in [1.54, 1.807) is 18.5 Å². The molecule has 0 aliphatic heterocycles. The third kappa shape index (κ3) is 2.70. The number of nitrogens with zero attached hydrogens (tertiary/aromatic N) is 1. The van der Waals surface area contributed by atoms with Gasteiger partial charge < -0.3 is 4.74 Å². The molecule has 3 heteroatoms. The summed E-state index contributed by atoms with van der Waals surface area (Å²) < 4.78 is 5.53. The van der Waals surface area contributed by atoms with Gasteiger partial charge >= 0.3 is 0 Å². The van der Waals surface area contributed by atoms with Crippen LogP contribution in [0.2, 0.25) is 5.02 Å². The SMILES string of the molecule is Clc1ccncc1OCc1ccccc1. The van der Waals surface area contributed by atoms with Crippen LogP contribution in [0, 0.1) is 0 Å². The fourth-order valence-corrected chi connectivity index (χ4v) is 1.36. The van der Waals surface area contributed by atoms with E-state index >= 15 is 0 Å². The number of aromatic nitrogens is 1. The molecule has 2 nitrogen and oxygen atoms in total. The van der Waals surface area contributed by atoms with Gasteiger partial charge in [0.1, 0.15) is 6.61 Å². The minimum absolute atomic E-state index is 0.506. The van der Waals surface area contributed by atoms with E-state index in [0.29, 0.717) is 17.4 Å². The Morgan fingerprint density at radius 2 is 1.93 bits per heavy atom. The number of ether oxygens (including phenoxy) is 1. The summed E-state index contributed by atoms with van der Waals surface area (Å²) in [6, 6.07) is 11.6. The molecule has 0 fully saturated rings. The second kappa shape index (κ2) is 4.80. The van der Waals surface area contributed by atoms with Gasteiger partial charge in [0.05, 0.1) is 11.2 Å². The molecule has 0 atom stereocenters. The van der Waals surface area contributed by atoms with Crippen LogP contribution in [0.1, 0.15) is 5.56 Å². The second-order valence-electron chi connectivity index (χ2n) is 3.08. The van der Waals surface area contributed by atoms with E-state index in [0.717, 1.165) is 5.56 Å². The molecule has 1 aromatic carbocycles. The van der Waals surface area contributed by atoms with Crippen molar-refractivity contribution in [2.75, 3.05) is 0 Å². The van der Waals surface area contributed by atoms with E-state index in [4.69, 9.17) is 16.3 Å². The minimum Gasteiger partial charge on any atom is -0.486 e. The smallest absolute Gasteiger partial charge is 0.156 e. The first-order valence-corrected chi connectivity index (χ1v) is 5.00. The molecule has 0 amide bonds. The van der Waals surface area contributed by atoms with Gasteiger partial charge in [0.2, 0.25) is 0 Å². The molecule has 0 bridgehead atoms. The van der Waals surface area contributed by atoms with Crippen LogP contribution in [-0.2, 0) is 6.61 Å². The third-order valence-electron chi connectivity index (χ3n) is 1.97. The second-order valence-corrected chi connectivity index (χ2v) is 3.49. The Bertz CT molecular complexity index is 431. The lowest BCUT2D eigenvalue weighted by molar-refractivity contribution is 0.305. The predicted molar refractivity (Wildman–Crippen MR) is 60.0 cm³/mol. The molecule has 1 aromatic heterocycles. The summed E-state index contributed by atoms with van der Waals surface area (Å²) >= 11 is 5.93. The lowest BCUT2D eigenvalue weighted by Gasteiger charge is -2.06. The molecule has 2 rings (SSSR count). The zero-order chi connectivity index (χ0) is 10.5. The van der Waals surface area contributed by atoms with E-state index in [-0.39, 0.29) is 0 Å². The van der Waals surface area contributed by atoms with Gasteiger partial charge in [0.25, 0.3) is 0 Å². The Morgan fingerprint density at radius 3 is 2.67 bits per heavy atom. The number of benzene rings is 1. The molecule has 0 saturated heterocycles.